The second-order valence-corrected chi connectivity index (χ2v) is 18.6. The Morgan fingerprint density at radius 2 is 1.46 bits per heavy atom. The Bertz CT molecular complexity index is 1770. The van der Waals surface area contributed by atoms with E-state index in [1.165, 1.54) is 36.2 Å². The molecule has 3 N–H and O–H groups in total. The highest BCUT2D eigenvalue weighted by Crippen LogP contribution is 2.30. The summed E-state index contributed by atoms with van der Waals surface area (Å²) in [6.07, 6.45) is 4.09. The van der Waals surface area contributed by atoms with Crippen LogP contribution in [0.15, 0.2) is 42.5 Å². The molecule has 0 spiro atoms. The summed E-state index contributed by atoms with van der Waals surface area (Å²) in [5, 5.41) is 16.8. The first-order valence-corrected chi connectivity index (χ1v) is 23.5. The average Bonchev–Trinajstić information content (AvgIpc) is 3.89. The Hall–Kier alpha value is -4.67. The van der Waals surface area contributed by atoms with E-state index in [2.05, 4.69) is 10.6 Å². The van der Waals surface area contributed by atoms with Crippen molar-refractivity contribution in [1.29, 1.82) is 0 Å². The topological polar surface area (TPSA) is 195 Å². The minimum atomic E-state index is -0.947. The number of carbonyl (C=O) groups is 7. The Morgan fingerprint density at radius 1 is 0.831 bits per heavy atom. The van der Waals surface area contributed by atoms with Gasteiger partial charge in [-0.15, -0.1) is 0 Å². The van der Waals surface area contributed by atoms with Gasteiger partial charge in [-0.3, -0.25) is 38.5 Å². The van der Waals surface area contributed by atoms with Gasteiger partial charge in [0, 0.05) is 60.0 Å². The maximum Gasteiger partial charge on any atom is 0.253 e. The van der Waals surface area contributed by atoms with Gasteiger partial charge in [0.15, 0.2) is 0 Å². The molecule has 2 aliphatic rings. The van der Waals surface area contributed by atoms with Crippen molar-refractivity contribution in [3.63, 3.8) is 0 Å². The van der Waals surface area contributed by atoms with Gasteiger partial charge in [-0.1, -0.05) is 91.6 Å². The fraction of sp³-hybridized carbons (Fsp3) is 0.694. The third-order valence-corrected chi connectivity index (χ3v) is 13.4. The molecule has 1 fully saturated rings. The van der Waals surface area contributed by atoms with E-state index in [1.807, 2.05) is 59.7 Å². The van der Waals surface area contributed by atoms with Crippen molar-refractivity contribution in [3.05, 3.63) is 48.0 Å². The molecule has 65 heavy (non-hydrogen) atoms. The highest BCUT2D eigenvalue weighted by molar-refractivity contribution is 6.12. The molecule has 0 saturated carbocycles. The minimum absolute atomic E-state index is 0.0380. The normalized spacial score (nSPS) is 19.3. The van der Waals surface area contributed by atoms with Gasteiger partial charge in [0.25, 0.3) is 11.8 Å². The lowest BCUT2D eigenvalue weighted by atomic mass is 9.89. The number of rotatable bonds is 26. The van der Waals surface area contributed by atoms with E-state index < -0.39 is 60.3 Å². The number of methoxy groups -OCH3 is 2. The van der Waals surface area contributed by atoms with Crippen molar-refractivity contribution in [2.45, 2.75) is 155 Å². The van der Waals surface area contributed by atoms with Gasteiger partial charge in [-0.25, -0.2) is 0 Å². The first-order valence-electron chi connectivity index (χ1n) is 23.5. The summed E-state index contributed by atoms with van der Waals surface area (Å²) in [4.78, 5) is 99.5. The van der Waals surface area contributed by atoms with Gasteiger partial charge in [-0.2, -0.15) is 0 Å². The lowest BCUT2D eigenvalue weighted by Gasteiger charge is -2.41. The molecule has 1 aromatic rings. The lowest BCUT2D eigenvalue weighted by Crippen LogP contribution is -2.60. The number of ether oxygens (including phenoxy) is 2. The maximum absolute atomic E-state index is 14.6. The molecule has 1 aromatic carbocycles. The SMILES string of the molecule is CC[C@H](C)[C@@H]([C@@H](CC(=O)N1CCC[C@H]1[C@H](OC)[C@@H](C)C(=O)NC(C)[C@@H](O)c1ccccc1)OC)N(C)C(=O)[C@@H](NC(=O)[C@H](C(C)C)N(C)C(=O)CCCCCN1C(=O)C=CC1=O)C(C)C. The number of aliphatic hydroxyl groups excluding tert-OH is 1. The van der Waals surface area contributed by atoms with Crippen molar-refractivity contribution in [3.8, 4) is 0 Å². The molecule has 364 valence electrons. The van der Waals surface area contributed by atoms with Crippen molar-refractivity contribution >= 4 is 41.4 Å². The Labute approximate surface area is 387 Å². The molecule has 10 atom stereocenters. The number of benzene rings is 1. The third kappa shape index (κ3) is 14.4. The molecule has 7 amide bonds. The van der Waals surface area contributed by atoms with Crippen molar-refractivity contribution in [1.82, 2.24) is 30.2 Å². The van der Waals surface area contributed by atoms with E-state index in [1.54, 1.807) is 49.9 Å². The second-order valence-electron chi connectivity index (χ2n) is 18.6. The monoisotopic (exact) mass is 911 g/mol. The minimum Gasteiger partial charge on any atom is -0.386 e. The molecule has 0 radical (unpaired) electrons. The third-order valence-electron chi connectivity index (χ3n) is 13.4. The first-order chi connectivity index (χ1) is 30.7. The molecule has 16 heteroatoms. The van der Waals surface area contributed by atoms with Crippen LogP contribution < -0.4 is 10.6 Å². The Kier molecular flexibility index (Phi) is 21.8. The Morgan fingerprint density at radius 3 is 2.02 bits per heavy atom. The lowest BCUT2D eigenvalue weighted by molar-refractivity contribution is -0.148. The largest absolute Gasteiger partial charge is 0.386 e. The van der Waals surface area contributed by atoms with Crippen LogP contribution in [-0.2, 0) is 43.0 Å². The number of carbonyl (C=O) groups excluding carboxylic acids is 7. The number of imide groups is 1. The van der Waals surface area contributed by atoms with Gasteiger partial charge in [-0.05, 0) is 55.9 Å². The zero-order chi connectivity index (χ0) is 48.7. The number of likely N-dealkylation sites (tertiary alicyclic amines) is 1. The van der Waals surface area contributed by atoms with Crippen LogP contribution in [-0.4, -0.2) is 150 Å². The number of amides is 7. The molecule has 2 aliphatic heterocycles. The number of nitrogens with one attached hydrogen (secondary N) is 2. The van der Waals surface area contributed by atoms with Crippen LogP contribution in [0.2, 0.25) is 0 Å². The summed E-state index contributed by atoms with van der Waals surface area (Å²) in [6.45, 7) is 15.6. The maximum atomic E-state index is 14.6. The summed E-state index contributed by atoms with van der Waals surface area (Å²) in [5.74, 6) is -3.55. The molecule has 1 unspecified atom stereocenters. The van der Waals surface area contributed by atoms with Gasteiger partial charge >= 0.3 is 0 Å². The zero-order valence-electron chi connectivity index (χ0n) is 41.0. The molecule has 0 aliphatic carbocycles. The van der Waals surface area contributed by atoms with Crippen molar-refractivity contribution < 1.29 is 48.1 Å². The van der Waals surface area contributed by atoms with E-state index >= 15 is 0 Å². The van der Waals surface area contributed by atoms with Crippen LogP contribution in [0.4, 0.5) is 0 Å². The van der Waals surface area contributed by atoms with Crippen LogP contribution in [0.5, 0.6) is 0 Å². The summed E-state index contributed by atoms with van der Waals surface area (Å²) in [6, 6.07) is 5.80. The smallest absolute Gasteiger partial charge is 0.253 e. The highest BCUT2D eigenvalue weighted by atomic mass is 16.5. The predicted molar refractivity (Wildman–Crippen MR) is 248 cm³/mol. The van der Waals surface area contributed by atoms with E-state index in [0.29, 0.717) is 44.2 Å². The molecular weight excluding hydrogens is 833 g/mol. The van der Waals surface area contributed by atoms with Gasteiger partial charge in [0.05, 0.1) is 48.8 Å². The number of nitrogens with zero attached hydrogens (tertiary/aromatic N) is 4. The zero-order valence-corrected chi connectivity index (χ0v) is 41.0. The molecule has 0 aromatic heterocycles. The predicted octanol–water partition coefficient (Wildman–Crippen LogP) is 4.25. The fourth-order valence-corrected chi connectivity index (χ4v) is 9.28. The number of hydrogen-bond acceptors (Lipinski definition) is 10. The van der Waals surface area contributed by atoms with Crippen molar-refractivity contribution in [2.75, 3.05) is 41.4 Å². The summed E-state index contributed by atoms with van der Waals surface area (Å²) in [7, 11) is 6.32. The van der Waals surface area contributed by atoms with E-state index in [0.717, 1.165) is 6.42 Å². The molecular formula is C49H78N6O10. The van der Waals surface area contributed by atoms with E-state index in [4.69, 9.17) is 9.47 Å². The van der Waals surface area contributed by atoms with Gasteiger partial charge in [0.2, 0.25) is 29.5 Å². The van der Waals surface area contributed by atoms with E-state index in [-0.39, 0.29) is 72.6 Å². The Balaban J connectivity index is 1.70. The summed E-state index contributed by atoms with van der Waals surface area (Å²) in [5.41, 5.74) is 0.688. The molecule has 3 rings (SSSR count). The first kappa shape index (κ1) is 54.7. The number of unbranched alkanes of at least 4 members (excludes halogenated alkanes) is 2. The summed E-state index contributed by atoms with van der Waals surface area (Å²) >= 11 is 0. The fourth-order valence-electron chi connectivity index (χ4n) is 9.28. The molecule has 1 saturated heterocycles. The number of likely N-dealkylation sites (N-methyl/N-ethyl adjacent to an activating group) is 2. The van der Waals surface area contributed by atoms with Crippen LogP contribution in [0.25, 0.3) is 0 Å². The molecule has 0 bridgehead atoms. The van der Waals surface area contributed by atoms with Gasteiger partial charge < -0.3 is 39.9 Å². The average molecular weight is 911 g/mol. The van der Waals surface area contributed by atoms with Crippen LogP contribution in [0.3, 0.4) is 0 Å². The van der Waals surface area contributed by atoms with Crippen LogP contribution in [0.1, 0.15) is 118 Å². The standard InChI is InChI=1S/C49H78N6O10/c1-13-32(6)44(37(64-11)29-41(59)54-28-20-23-36(54)46(65-12)33(7)47(61)50-34(8)45(60)35-21-16-14-17-22-35)53(10)49(63)42(30(2)3)51-48(62)43(31(4)5)52(9)38(56)24-18-15-19-27-55-39(57)25-26-40(55)58/h14,16-17,21-22,25-26,30-34,36-37,42-46,60H,13,15,18-20,23-24,27-29H2,1-12H3,(H,50,61)(H,51,62)/t32-,33+,34?,36-,37+,42-,43-,44-,45+,46+/m0/s1. The molecule has 2 heterocycles. The summed E-state index contributed by atoms with van der Waals surface area (Å²) < 4.78 is 12.0. The second kappa shape index (κ2) is 25.9. The number of hydrogen-bond donors (Lipinski definition) is 3. The van der Waals surface area contributed by atoms with Crippen LogP contribution >= 0.6 is 0 Å². The van der Waals surface area contributed by atoms with Crippen LogP contribution in [0, 0.1) is 23.7 Å². The van der Waals surface area contributed by atoms with E-state index in [9.17, 15) is 38.7 Å². The highest BCUT2D eigenvalue weighted by Gasteiger charge is 2.43. The quantitative estimate of drug-likeness (QED) is 0.0894. The molecule has 16 nitrogen and oxygen atoms in total. The number of aliphatic hydroxyl groups is 1. The van der Waals surface area contributed by atoms with Crippen molar-refractivity contribution in [2.24, 2.45) is 23.7 Å². The van der Waals surface area contributed by atoms with Gasteiger partial charge in [0.1, 0.15) is 12.1 Å².